The summed E-state index contributed by atoms with van der Waals surface area (Å²) in [5.41, 5.74) is 7.42. The maximum absolute atomic E-state index is 10.5. The molecule has 2 aromatic heterocycles. The maximum Gasteiger partial charge on any atom is 0.140 e. The standard InChI is InChI=1S/C33H30N3O2.Pt/c1-20(2)21-15-16-34-31(18-21)36-27-11-7-6-10-24(27)33(3,4)25-14-13-22(17-28(25)36)26-19-30(38-5)23-9-8-12-29(37)32(23)35-26;/h6-16,18-20,37H,1-5H3;/q-1;. The summed E-state index contributed by atoms with van der Waals surface area (Å²) in [6.07, 6.45) is 1.88. The van der Waals surface area contributed by atoms with Crippen molar-refractivity contribution in [2.45, 2.75) is 39.0 Å². The normalized spacial score (nSPS) is 13.5. The monoisotopic (exact) mass is 695 g/mol. The molecule has 0 saturated carbocycles. The molecule has 0 spiro atoms. The number of anilines is 3. The minimum Gasteiger partial charge on any atom is -0.506 e. The van der Waals surface area contributed by atoms with Crippen LogP contribution in [0.5, 0.6) is 11.5 Å². The summed E-state index contributed by atoms with van der Waals surface area (Å²) in [7, 11) is 1.63. The number of pyridine rings is 2. The van der Waals surface area contributed by atoms with Gasteiger partial charge in [-0.25, -0.2) is 4.98 Å². The van der Waals surface area contributed by atoms with E-state index in [9.17, 15) is 5.11 Å². The van der Waals surface area contributed by atoms with E-state index in [1.54, 1.807) is 19.2 Å². The van der Waals surface area contributed by atoms with Crippen LogP contribution in [0.4, 0.5) is 17.2 Å². The predicted molar refractivity (Wildman–Crippen MR) is 153 cm³/mol. The summed E-state index contributed by atoms with van der Waals surface area (Å²) >= 11 is 0. The van der Waals surface area contributed by atoms with Crippen molar-refractivity contribution in [1.29, 1.82) is 0 Å². The van der Waals surface area contributed by atoms with Crippen LogP contribution in [0.15, 0.2) is 79.0 Å². The van der Waals surface area contributed by atoms with Crippen LogP contribution in [0.2, 0.25) is 0 Å². The molecule has 3 aromatic carbocycles. The van der Waals surface area contributed by atoms with Crippen molar-refractivity contribution in [1.82, 2.24) is 9.97 Å². The molecule has 6 rings (SSSR count). The van der Waals surface area contributed by atoms with Gasteiger partial charge in [0, 0.05) is 38.3 Å². The first kappa shape index (κ1) is 26.9. The van der Waals surface area contributed by atoms with Gasteiger partial charge in [-0.05, 0) is 70.2 Å². The maximum atomic E-state index is 10.5. The summed E-state index contributed by atoms with van der Waals surface area (Å²) in [5.74, 6) is 2.01. The van der Waals surface area contributed by atoms with Crippen LogP contribution in [-0.2, 0) is 26.5 Å². The fourth-order valence-electron chi connectivity index (χ4n) is 5.44. The first-order chi connectivity index (χ1) is 18.3. The van der Waals surface area contributed by atoms with Gasteiger partial charge in [-0.3, -0.25) is 4.98 Å². The van der Waals surface area contributed by atoms with Gasteiger partial charge in [-0.2, -0.15) is 0 Å². The number of para-hydroxylation sites is 2. The zero-order valence-electron chi connectivity index (χ0n) is 22.6. The Labute approximate surface area is 243 Å². The Balaban J connectivity index is 0.00000308. The molecule has 1 N–H and O–H groups in total. The number of phenols is 1. The van der Waals surface area contributed by atoms with Crippen LogP contribution in [-0.4, -0.2) is 22.2 Å². The van der Waals surface area contributed by atoms with Crippen LogP contribution in [0.25, 0.3) is 22.2 Å². The van der Waals surface area contributed by atoms with Crippen LogP contribution in [0.3, 0.4) is 0 Å². The number of phenolic OH excluding ortho intramolecular Hbond substituents is 1. The van der Waals surface area contributed by atoms with E-state index in [1.807, 2.05) is 18.3 Å². The summed E-state index contributed by atoms with van der Waals surface area (Å²) in [6, 6.07) is 27.9. The van der Waals surface area contributed by atoms with Gasteiger partial charge in [-0.1, -0.05) is 57.5 Å². The molecule has 5 aromatic rings. The van der Waals surface area contributed by atoms with E-state index < -0.39 is 0 Å². The van der Waals surface area contributed by atoms with E-state index in [2.05, 4.69) is 87.2 Å². The largest absolute Gasteiger partial charge is 0.506 e. The van der Waals surface area contributed by atoms with Crippen molar-refractivity contribution in [2.75, 3.05) is 12.0 Å². The van der Waals surface area contributed by atoms with Gasteiger partial charge >= 0.3 is 0 Å². The van der Waals surface area contributed by atoms with Gasteiger partial charge in [-0.15, -0.1) is 23.8 Å². The Hall–Kier alpha value is -3.69. The number of hydrogen-bond acceptors (Lipinski definition) is 5. The minimum absolute atomic E-state index is 0. The smallest absolute Gasteiger partial charge is 0.140 e. The van der Waals surface area contributed by atoms with Crippen molar-refractivity contribution in [2.24, 2.45) is 0 Å². The van der Waals surface area contributed by atoms with E-state index in [0.29, 0.717) is 22.9 Å². The Bertz CT molecular complexity index is 1700. The van der Waals surface area contributed by atoms with Gasteiger partial charge in [0.2, 0.25) is 0 Å². The van der Waals surface area contributed by atoms with Crippen molar-refractivity contribution in [3.63, 3.8) is 0 Å². The average Bonchev–Trinajstić information content (AvgIpc) is 2.93. The predicted octanol–water partition coefficient (Wildman–Crippen LogP) is 8.04. The van der Waals surface area contributed by atoms with Crippen LogP contribution < -0.4 is 9.64 Å². The van der Waals surface area contributed by atoms with E-state index >= 15 is 0 Å². The number of aromatic nitrogens is 2. The van der Waals surface area contributed by atoms with Crippen molar-refractivity contribution >= 4 is 28.1 Å². The van der Waals surface area contributed by atoms with E-state index in [1.165, 1.54) is 11.1 Å². The molecule has 0 aliphatic carbocycles. The van der Waals surface area contributed by atoms with Crippen molar-refractivity contribution < 1.29 is 30.9 Å². The molecule has 39 heavy (non-hydrogen) atoms. The van der Waals surface area contributed by atoms with Gasteiger partial charge in [0.25, 0.3) is 0 Å². The first-order valence-electron chi connectivity index (χ1n) is 12.9. The molecule has 0 fully saturated rings. The van der Waals surface area contributed by atoms with Gasteiger partial charge < -0.3 is 14.7 Å². The summed E-state index contributed by atoms with van der Waals surface area (Å²) in [4.78, 5) is 11.8. The molecule has 5 nitrogen and oxygen atoms in total. The molecule has 0 unspecified atom stereocenters. The Morgan fingerprint density at radius 2 is 1.74 bits per heavy atom. The molecule has 0 radical (unpaired) electrons. The molecule has 6 heteroatoms. The molecule has 0 atom stereocenters. The van der Waals surface area contributed by atoms with Crippen molar-refractivity contribution in [3.8, 4) is 22.8 Å². The number of methoxy groups -OCH3 is 1. The molecule has 0 amide bonds. The molecule has 1 aliphatic heterocycles. The third-order valence-electron chi connectivity index (χ3n) is 7.58. The Kier molecular flexibility index (Phi) is 6.98. The second kappa shape index (κ2) is 10.1. The van der Waals surface area contributed by atoms with Gasteiger partial charge in [0.1, 0.15) is 22.8 Å². The summed E-state index contributed by atoms with van der Waals surface area (Å²) < 4.78 is 5.68. The number of aromatic hydroxyl groups is 1. The number of hydrogen-bond donors (Lipinski definition) is 1. The molecule has 200 valence electrons. The van der Waals surface area contributed by atoms with Crippen LogP contribution in [0.1, 0.15) is 50.3 Å². The van der Waals surface area contributed by atoms with Crippen molar-refractivity contribution in [3.05, 3.63) is 102 Å². The van der Waals surface area contributed by atoms with E-state index in [4.69, 9.17) is 14.7 Å². The molecule has 0 bridgehead atoms. The van der Waals surface area contributed by atoms with Gasteiger partial charge in [0.05, 0.1) is 7.11 Å². The van der Waals surface area contributed by atoms with E-state index in [-0.39, 0.29) is 32.2 Å². The summed E-state index contributed by atoms with van der Waals surface area (Å²) in [6.45, 7) is 8.89. The second-order valence-electron chi connectivity index (χ2n) is 10.6. The topological polar surface area (TPSA) is 58.5 Å². The Morgan fingerprint density at radius 3 is 2.51 bits per heavy atom. The molecular weight excluding hydrogens is 665 g/mol. The third-order valence-corrected chi connectivity index (χ3v) is 7.58. The second-order valence-corrected chi connectivity index (χ2v) is 10.6. The third kappa shape index (κ3) is 4.39. The fraction of sp³-hybridized carbons (Fsp3) is 0.212. The molecule has 3 heterocycles. The number of ether oxygens (including phenoxy) is 1. The number of benzene rings is 3. The van der Waals surface area contributed by atoms with Gasteiger partial charge in [0.15, 0.2) is 0 Å². The number of rotatable bonds is 4. The number of nitrogens with zero attached hydrogens (tertiary/aromatic N) is 3. The van der Waals surface area contributed by atoms with E-state index in [0.717, 1.165) is 33.7 Å². The summed E-state index contributed by atoms with van der Waals surface area (Å²) in [5, 5.41) is 11.3. The van der Waals surface area contributed by atoms with Crippen LogP contribution >= 0.6 is 0 Å². The molecule has 1 aliphatic rings. The number of fused-ring (bicyclic) bond motifs is 3. The molecule has 0 saturated heterocycles. The minimum atomic E-state index is -0.236. The zero-order valence-corrected chi connectivity index (χ0v) is 24.9. The Morgan fingerprint density at radius 1 is 0.949 bits per heavy atom. The van der Waals surface area contributed by atoms with Crippen LogP contribution in [0, 0.1) is 6.07 Å². The average molecular weight is 696 g/mol. The SMILES string of the molecule is COc1cc(-c2[c-]c3c(cc2)C(C)(C)c2ccccc2N3c2cc(C(C)C)ccn2)nc2c(O)cccc12.[Pt]. The fourth-order valence-corrected chi connectivity index (χ4v) is 5.44. The first-order valence-corrected chi connectivity index (χ1v) is 12.9. The zero-order chi connectivity index (χ0) is 26.6. The molecular formula is C33H30N3O2Pt-. The quantitative estimate of drug-likeness (QED) is 0.193.